The van der Waals surface area contributed by atoms with Crippen molar-refractivity contribution in [3.8, 4) is 5.88 Å². The van der Waals surface area contributed by atoms with E-state index in [0.29, 0.717) is 11.4 Å². The number of aliphatic hydroxyl groups is 1. The van der Waals surface area contributed by atoms with Gasteiger partial charge in [-0.3, -0.25) is 0 Å². The van der Waals surface area contributed by atoms with Gasteiger partial charge in [0.25, 0.3) is 0 Å². The van der Waals surface area contributed by atoms with E-state index in [1.807, 2.05) is 18.2 Å². The van der Waals surface area contributed by atoms with Crippen LogP contribution >= 0.6 is 0 Å². The smallest absolute Gasteiger partial charge is 0.232 e. The van der Waals surface area contributed by atoms with Crippen LogP contribution in [0.2, 0.25) is 0 Å². The number of fused-ring (bicyclic) bond motifs is 1. The number of aliphatic hydroxyl groups excluding tert-OH is 1. The van der Waals surface area contributed by atoms with Crippen LogP contribution in [0.1, 0.15) is 18.6 Å². The van der Waals surface area contributed by atoms with Crippen molar-refractivity contribution in [2.24, 2.45) is 0 Å². The highest BCUT2D eigenvalue weighted by molar-refractivity contribution is 5.78. The molecule has 1 unspecified atom stereocenters. The fraction of sp³-hybridized carbons (Fsp3) is 0.273. The van der Waals surface area contributed by atoms with Crippen LogP contribution < -0.4 is 4.74 Å². The quantitative estimate of drug-likeness (QED) is 0.808. The average molecular weight is 204 g/mol. The second-order valence-corrected chi connectivity index (χ2v) is 3.30. The fourth-order valence-electron chi connectivity index (χ4n) is 1.47. The van der Waals surface area contributed by atoms with Crippen molar-refractivity contribution in [3.05, 3.63) is 30.0 Å². The van der Waals surface area contributed by atoms with Gasteiger partial charge in [-0.05, 0) is 13.0 Å². The second-order valence-electron chi connectivity index (χ2n) is 3.30. The third-order valence-corrected chi connectivity index (χ3v) is 2.24. The zero-order valence-corrected chi connectivity index (χ0v) is 8.64. The molecule has 0 amide bonds. The summed E-state index contributed by atoms with van der Waals surface area (Å²) in [6.45, 7) is 1.70. The SMILES string of the molecule is COc1cnc2cccc(C(C)O)c2n1. The van der Waals surface area contributed by atoms with Gasteiger partial charge in [0, 0.05) is 5.56 Å². The van der Waals surface area contributed by atoms with E-state index in [4.69, 9.17) is 4.74 Å². The maximum Gasteiger partial charge on any atom is 0.232 e. The molecule has 0 bridgehead atoms. The Labute approximate surface area is 87.6 Å². The van der Waals surface area contributed by atoms with Crippen LogP contribution in [0, 0.1) is 0 Å². The molecule has 0 aliphatic carbocycles. The van der Waals surface area contributed by atoms with Gasteiger partial charge in [-0.1, -0.05) is 12.1 Å². The molecule has 2 rings (SSSR count). The number of hydrogen-bond acceptors (Lipinski definition) is 4. The Bertz CT molecular complexity index is 483. The Morgan fingerprint density at radius 1 is 1.40 bits per heavy atom. The molecule has 0 aliphatic rings. The van der Waals surface area contributed by atoms with E-state index < -0.39 is 6.10 Å². The van der Waals surface area contributed by atoms with Gasteiger partial charge < -0.3 is 9.84 Å². The van der Waals surface area contributed by atoms with Crippen LogP contribution in [-0.2, 0) is 0 Å². The molecule has 0 saturated heterocycles. The van der Waals surface area contributed by atoms with Crippen LogP contribution in [0.25, 0.3) is 11.0 Å². The summed E-state index contributed by atoms with van der Waals surface area (Å²) in [6, 6.07) is 5.54. The predicted molar refractivity (Wildman–Crippen MR) is 56.7 cm³/mol. The molecule has 78 valence electrons. The number of para-hydroxylation sites is 1. The highest BCUT2D eigenvalue weighted by Gasteiger charge is 2.08. The van der Waals surface area contributed by atoms with E-state index in [2.05, 4.69) is 9.97 Å². The Kier molecular flexibility index (Phi) is 2.51. The van der Waals surface area contributed by atoms with Gasteiger partial charge in [0.15, 0.2) is 0 Å². The number of methoxy groups -OCH3 is 1. The molecule has 0 fully saturated rings. The molecule has 0 saturated carbocycles. The van der Waals surface area contributed by atoms with E-state index in [1.54, 1.807) is 20.2 Å². The first kappa shape index (κ1) is 9.86. The van der Waals surface area contributed by atoms with E-state index in [1.165, 1.54) is 0 Å². The van der Waals surface area contributed by atoms with Crippen molar-refractivity contribution in [1.29, 1.82) is 0 Å². The van der Waals surface area contributed by atoms with Crippen LogP contribution in [0.4, 0.5) is 0 Å². The molecule has 0 aliphatic heterocycles. The van der Waals surface area contributed by atoms with Crippen LogP contribution in [-0.4, -0.2) is 22.2 Å². The first-order valence-corrected chi connectivity index (χ1v) is 4.70. The summed E-state index contributed by atoms with van der Waals surface area (Å²) in [4.78, 5) is 8.47. The van der Waals surface area contributed by atoms with Gasteiger partial charge in [0.2, 0.25) is 5.88 Å². The summed E-state index contributed by atoms with van der Waals surface area (Å²) in [6.07, 6.45) is 1.00. The monoisotopic (exact) mass is 204 g/mol. The minimum Gasteiger partial charge on any atom is -0.480 e. The maximum atomic E-state index is 9.58. The van der Waals surface area contributed by atoms with Gasteiger partial charge in [-0.15, -0.1) is 0 Å². The minimum atomic E-state index is -0.560. The van der Waals surface area contributed by atoms with Crippen molar-refractivity contribution in [1.82, 2.24) is 9.97 Å². The molecule has 0 radical (unpaired) electrons. The summed E-state index contributed by atoms with van der Waals surface area (Å²) >= 11 is 0. The molecule has 1 aromatic carbocycles. The normalized spacial score (nSPS) is 12.7. The van der Waals surface area contributed by atoms with E-state index in [0.717, 1.165) is 11.1 Å². The summed E-state index contributed by atoms with van der Waals surface area (Å²) in [7, 11) is 1.54. The van der Waals surface area contributed by atoms with Gasteiger partial charge in [0.1, 0.15) is 0 Å². The lowest BCUT2D eigenvalue weighted by atomic mass is 10.1. The Morgan fingerprint density at radius 3 is 2.87 bits per heavy atom. The molecular formula is C11H12N2O2. The van der Waals surface area contributed by atoms with Crippen molar-refractivity contribution in [2.75, 3.05) is 7.11 Å². The molecule has 1 aromatic heterocycles. The molecule has 1 atom stereocenters. The molecular weight excluding hydrogens is 192 g/mol. The predicted octanol–water partition coefficient (Wildman–Crippen LogP) is 1.69. The average Bonchev–Trinajstić information content (AvgIpc) is 2.27. The number of hydrogen-bond donors (Lipinski definition) is 1. The number of ether oxygens (including phenoxy) is 1. The Hall–Kier alpha value is -1.68. The first-order chi connectivity index (χ1) is 7.22. The van der Waals surface area contributed by atoms with Gasteiger partial charge in [-0.2, -0.15) is 0 Å². The standard InChI is InChI=1S/C11H12N2O2/c1-7(14)8-4-3-5-9-11(8)13-10(15-2)6-12-9/h3-7,14H,1-2H3. The van der Waals surface area contributed by atoms with Crippen LogP contribution in [0.3, 0.4) is 0 Å². The fourth-order valence-corrected chi connectivity index (χ4v) is 1.47. The lowest BCUT2D eigenvalue weighted by Crippen LogP contribution is -1.97. The third kappa shape index (κ3) is 1.76. The van der Waals surface area contributed by atoms with Gasteiger partial charge >= 0.3 is 0 Å². The zero-order valence-electron chi connectivity index (χ0n) is 8.64. The van der Waals surface area contributed by atoms with Crippen molar-refractivity contribution >= 4 is 11.0 Å². The van der Waals surface area contributed by atoms with Crippen molar-refractivity contribution in [2.45, 2.75) is 13.0 Å². The molecule has 4 nitrogen and oxygen atoms in total. The molecule has 1 N–H and O–H groups in total. The summed E-state index contributed by atoms with van der Waals surface area (Å²) < 4.78 is 5.00. The number of benzene rings is 1. The third-order valence-electron chi connectivity index (χ3n) is 2.24. The lowest BCUT2D eigenvalue weighted by molar-refractivity contribution is 0.200. The summed E-state index contributed by atoms with van der Waals surface area (Å²) in [5.41, 5.74) is 2.21. The van der Waals surface area contributed by atoms with Crippen LogP contribution in [0.5, 0.6) is 5.88 Å². The zero-order chi connectivity index (χ0) is 10.8. The Morgan fingerprint density at radius 2 is 2.20 bits per heavy atom. The molecule has 2 aromatic rings. The largest absolute Gasteiger partial charge is 0.480 e. The lowest BCUT2D eigenvalue weighted by Gasteiger charge is -2.08. The van der Waals surface area contributed by atoms with Crippen molar-refractivity contribution < 1.29 is 9.84 Å². The number of nitrogens with zero attached hydrogens (tertiary/aromatic N) is 2. The van der Waals surface area contributed by atoms with E-state index in [9.17, 15) is 5.11 Å². The molecule has 0 spiro atoms. The first-order valence-electron chi connectivity index (χ1n) is 4.70. The van der Waals surface area contributed by atoms with E-state index >= 15 is 0 Å². The topological polar surface area (TPSA) is 55.2 Å². The molecule has 4 heteroatoms. The highest BCUT2D eigenvalue weighted by atomic mass is 16.5. The van der Waals surface area contributed by atoms with Gasteiger partial charge in [0.05, 0.1) is 30.4 Å². The summed E-state index contributed by atoms with van der Waals surface area (Å²) in [5.74, 6) is 0.454. The second kappa shape index (κ2) is 3.82. The van der Waals surface area contributed by atoms with Gasteiger partial charge in [-0.25, -0.2) is 9.97 Å². The maximum absolute atomic E-state index is 9.58. The van der Waals surface area contributed by atoms with E-state index in [-0.39, 0.29) is 0 Å². The molecule has 1 heterocycles. The highest BCUT2D eigenvalue weighted by Crippen LogP contribution is 2.22. The van der Waals surface area contributed by atoms with Crippen molar-refractivity contribution in [3.63, 3.8) is 0 Å². The minimum absolute atomic E-state index is 0.454. The number of aromatic nitrogens is 2. The molecule has 15 heavy (non-hydrogen) atoms. The number of rotatable bonds is 2. The van der Waals surface area contributed by atoms with Crippen LogP contribution in [0.15, 0.2) is 24.4 Å². The summed E-state index contributed by atoms with van der Waals surface area (Å²) in [5, 5.41) is 9.58. The Balaban J connectivity index is 2.70.